The molecule has 1 fully saturated rings. The van der Waals surface area contributed by atoms with E-state index in [1.54, 1.807) is 0 Å². The lowest BCUT2D eigenvalue weighted by atomic mass is 10.0. The molecule has 1 aliphatic rings. The third-order valence-corrected chi connectivity index (χ3v) is 4.03. The second-order valence-corrected chi connectivity index (χ2v) is 5.94. The highest BCUT2D eigenvalue weighted by atomic mass is 79.9. The van der Waals surface area contributed by atoms with E-state index in [0.29, 0.717) is 13.2 Å². The first kappa shape index (κ1) is 16.3. The molecule has 0 atom stereocenters. The first-order valence-corrected chi connectivity index (χ1v) is 8.56. The molecule has 21 heavy (non-hydrogen) atoms. The number of amides is 1. The quantitative estimate of drug-likeness (QED) is 0.757. The minimum atomic E-state index is -0.639. The van der Waals surface area contributed by atoms with Crippen LogP contribution in [0.2, 0.25) is 0 Å². The van der Waals surface area contributed by atoms with Crippen molar-refractivity contribution in [3.63, 3.8) is 0 Å². The van der Waals surface area contributed by atoms with Crippen LogP contribution in [0.3, 0.4) is 0 Å². The molecule has 0 heterocycles. The zero-order valence-corrected chi connectivity index (χ0v) is 13.9. The van der Waals surface area contributed by atoms with E-state index in [1.807, 2.05) is 31.2 Å². The number of benzene rings is 1. The molecule has 1 N–H and O–H groups in total. The lowest BCUT2D eigenvalue weighted by molar-refractivity contribution is -0.140. The molecule has 1 aromatic rings. The molecule has 1 aromatic carbocycles. The third-order valence-electron chi connectivity index (χ3n) is 3.70. The van der Waals surface area contributed by atoms with Crippen molar-refractivity contribution in [1.82, 2.24) is 0 Å². The lowest BCUT2D eigenvalue weighted by Crippen LogP contribution is -2.43. The van der Waals surface area contributed by atoms with Crippen LogP contribution in [0, 0.1) is 0 Å². The van der Waals surface area contributed by atoms with Crippen LogP contribution in [0.5, 0.6) is 5.75 Å². The standard InChI is InChI=1S/C16H22BrNO3/c1-2-21-16(9-3-4-10-16)15(19)18-13-5-7-14(8-6-13)20-12-11-17/h5-8H,2-4,9-12H2,1H3,(H,18,19). The number of halogens is 1. The van der Waals surface area contributed by atoms with Gasteiger partial charge in [-0.3, -0.25) is 4.79 Å². The maximum absolute atomic E-state index is 12.5. The predicted octanol–water partition coefficient (Wildman–Crippen LogP) is 3.75. The van der Waals surface area contributed by atoms with E-state index in [0.717, 1.165) is 42.5 Å². The van der Waals surface area contributed by atoms with Crippen molar-refractivity contribution in [3.05, 3.63) is 24.3 Å². The normalized spacial score (nSPS) is 16.7. The molecule has 0 aromatic heterocycles. The van der Waals surface area contributed by atoms with Crippen LogP contribution in [0.1, 0.15) is 32.6 Å². The van der Waals surface area contributed by atoms with E-state index in [1.165, 1.54) is 0 Å². The Morgan fingerprint density at radius 3 is 2.52 bits per heavy atom. The summed E-state index contributed by atoms with van der Waals surface area (Å²) in [5.41, 5.74) is 0.136. The predicted molar refractivity (Wildman–Crippen MR) is 87.2 cm³/mol. The number of nitrogens with one attached hydrogen (secondary N) is 1. The number of rotatable bonds is 7. The Labute approximate surface area is 134 Å². The Hall–Kier alpha value is -1.07. The van der Waals surface area contributed by atoms with E-state index < -0.39 is 5.60 Å². The van der Waals surface area contributed by atoms with Crippen LogP contribution in [0.4, 0.5) is 5.69 Å². The van der Waals surface area contributed by atoms with Crippen LogP contribution >= 0.6 is 15.9 Å². The molecule has 4 nitrogen and oxygen atoms in total. The van der Waals surface area contributed by atoms with Crippen molar-refractivity contribution in [2.45, 2.75) is 38.2 Å². The molecule has 0 spiro atoms. The van der Waals surface area contributed by atoms with Crippen molar-refractivity contribution in [2.75, 3.05) is 23.9 Å². The SMILES string of the molecule is CCOC1(C(=O)Nc2ccc(OCCBr)cc2)CCCC1. The number of hydrogen-bond acceptors (Lipinski definition) is 3. The highest BCUT2D eigenvalue weighted by Crippen LogP contribution is 2.34. The second kappa shape index (κ2) is 7.80. The maximum Gasteiger partial charge on any atom is 0.256 e. The first-order valence-electron chi connectivity index (χ1n) is 7.44. The summed E-state index contributed by atoms with van der Waals surface area (Å²) in [5.74, 6) is 0.767. The van der Waals surface area contributed by atoms with E-state index in [4.69, 9.17) is 9.47 Å². The zero-order chi connectivity index (χ0) is 15.1. The molecule has 1 saturated carbocycles. The van der Waals surface area contributed by atoms with E-state index in [2.05, 4.69) is 21.2 Å². The van der Waals surface area contributed by atoms with Crippen molar-refractivity contribution < 1.29 is 14.3 Å². The van der Waals surface area contributed by atoms with Crippen molar-refractivity contribution in [3.8, 4) is 5.75 Å². The molecule has 2 rings (SSSR count). The Kier molecular flexibility index (Phi) is 6.06. The van der Waals surface area contributed by atoms with Crippen molar-refractivity contribution in [2.24, 2.45) is 0 Å². The number of carbonyl (C=O) groups is 1. The molecular formula is C16H22BrNO3. The van der Waals surface area contributed by atoms with Gasteiger partial charge in [-0.25, -0.2) is 0 Å². The summed E-state index contributed by atoms with van der Waals surface area (Å²) in [7, 11) is 0. The Morgan fingerprint density at radius 2 is 1.95 bits per heavy atom. The summed E-state index contributed by atoms with van der Waals surface area (Å²) in [4.78, 5) is 12.5. The molecule has 0 unspecified atom stereocenters. The fourth-order valence-corrected chi connectivity index (χ4v) is 2.86. The largest absolute Gasteiger partial charge is 0.493 e. The summed E-state index contributed by atoms with van der Waals surface area (Å²) in [6, 6.07) is 7.44. The van der Waals surface area contributed by atoms with Gasteiger partial charge in [0.15, 0.2) is 0 Å². The Balaban J connectivity index is 1.98. The van der Waals surface area contributed by atoms with Crippen LogP contribution < -0.4 is 10.1 Å². The fourth-order valence-electron chi connectivity index (χ4n) is 2.70. The number of hydrogen-bond donors (Lipinski definition) is 1. The van der Waals surface area contributed by atoms with Gasteiger partial charge in [0.2, 0.25) is 0 Å². The molecule has 5 heteroatoms. The van der Waals surface area contributed by atoms with Gasteiger partial charge in [-0.05, 0) is 56.9 Å². The van der Waals surface area contributed by atoms with E-state index >= 15 is 0 Å². The molecule has 0 aliphatic heterocycles. The van der Waals surface area contributed by atoms with Gasteiger partial charge in [0, 0.05) is 17.6 Å². The minimum absolute atomic E-state index is 0.0315. The van der Waals surface area contributed by atoms with Gasteiger partial charge >= 0.3 is 0 Å². The van der Waals surface area contributed by atoms with E-state index in [9.17, 15) is 4.79 Å². The molecule has 1 amide bonds. The summed E-state index contributed by atoms with van der Waals surface area (Å²) in [5, 5.41) is 3.76. The molecule has 0 saturated heterocycles. The van der Waals surface area contributed by atoms with Crippen LogP contribution in [0.25, 0.3) is 0 Å². The lowest BCUT2D eigenvalue weighted by Gasteiger charge is -2.27. The van der Waals surface area contributed by atoms with Gasteiger partial charge in [0.05, 0.1) is 6.61 Å². The molecule has 0 bridgehead atoms. The maximum atomic E-state index is 12.5. The number of anilines is 1. The fraction of sp³-hybridized carbons (Fsp3) is 0.562. The van der Waals surface area contributed by atoms with Crippen LogP contribution in [0.15, 0.2) is 24.3 Å². The monoisotopic (exact) mass is 355 g/mol. The molecular weight excluding hydrogens is 334 g/mol. The smallest absolute Gasteiger partial charge is 0.256 e. The molecule has 1 aliphatic carbocycles. The summed E-state index contributed by atoms with van der Waals surface area (Å²) in [6.07, 6.45) is 3.71. The van der Waals surface area contributed by atoms with Gasteiger partial charge in [-0.15, -0.1) is 0 Å². The first-order chi connectivity index (χ1) is 10.2. The number of carbonyl (C=O) groups excluding carboxylic acids is 1. The Bertz CT molecular complexity index is 455. The summed E-state index contributed by atoms with van der Waals surface area (Å²) in [6.45, 7) is 3.12. The minimum Gasteiger partial charge on any atom is -0.493 e. The highest BCUT2D eigenvalue weighted by Gasteiger charge is 2.41. The average molecular weight is 356 g/mol. The summed E-state index contributed by atoms with van der Waals surface area (Å²) >= 11 is 3.32. The van der Waals surface area contributed by atoms with Crippen LogP contribution in [-0.2, 0) is 9.53 Å². The van der Waals surface area contributed by atoms with Crippen molar-refractivity contribution in [1.29, 1.82) is 0 Å². The second-order valence-electron chi connectivity index (χ2n) is 5.15. The average Bonchev–Trinajstić information content (AvgIpc) is 2.97. The van der Waals surface area contributed by atoms with Gasteiger partial charge in [0.25, 0.3) is 5.91 Å². The zero-order valence-electron chi connectivity index (χ0n) is 12.4. The topological polar surface area (TPSA) is 47.6 Å². The van der Waals surface area contributed by atoms with Gasteiger partial charge in [-0.1, -0.05) is 15.9 Å². The van der Waals surface area contributed by atoms with Crippen molar-refractivity contribution >= 4 is 27.5 Å². The van der Waals surface area contributed by atoms with Gasteiger partial charge < -0.3 is 14.8 Å². The third kappa shape index (κ3) is 4.20. The molecule has 116 valence electrons. The Morgan fingerprint density at radius 1 is 1.29 bits per heavy atom. The van der Waals surface area contributed by atoms with Gasteiger partial charge in [0.1, 0.15) is 11.4 Å². The molecule has 0 radical (unpaired) electrons. The number of ether oxygens (including phenoxy) is 2. The number of alkyl halides is 1. The summed E-state index contributed by atoms with van der Waals surface area (Å²) < 4.78 is 11.2. The van der Waals surface area contributed by atoms with E-state index in [-0.39, 0.29) is 5.91 Å². The highest BCUT2D eigenvalue weighted by molar-refractivity contribution is 9.09. The van der Waals surface area contributed by atoms with Crippen LogP contribution in [-0.4, -0.2) is 30.1 Å². The van der Waals surface area contributed by atoms with Gasteiger partial charge in [-0.2, -0.15) is 0 Å².